The predicted molar refractivity (Wildman–Crippen MR) is 175 cm³/mol. The van der Waals surface area contributed by atoms with Gasteiger partial charge in [-0.05, 0) is 98.2 Å². The molecule has 2 heterocycles. The number of aliphatic hydroxyl groups is 1. The largest absolute Gasteiger partial charge is 0.487 e. The van der Waals surface area contributed by atoms with Crippen LogP contribution in [-0.2, 0) is 32.5 Å². The molecule has 0 aromatic heterocycles. The quantitative estimate of drug-likeness (QED) is 0.329. The van der Waals surface area contributed by atoms with Gasteiger partial charge in [0.15, 0.2) is 0 Å². The summed E-state index contributed by atoms with van der Waals surface area (Å²) in [6.45, 7) is 4.03. The Hall–Kier alpha value is -2.63. The van der Waals surface area contributed by atoms with Gasteiger partial charge in [0.25, 0.3) is 5.91 Å². The van der Waals surface area contributed by atoms with Gasteiger partial charge in [0, 0.05) is 30.8 Å². The minimum Gasteiger partial charge on any atom is -0.487 e. The lowest BCUT2D eigenvalue weighted by Crippen LogP contribution is -2.45. The van der Waals surface area contributed by atoms with Crippen molar-refractivity contribution in [2.45, 2.75) is 75.9 Å². The molecule has 0 spiro atoms. The minimum absolute atomic E-state index is 0.0770. The van der Waals surface area contributed by atoms with Gasteiger partial charge in [-0.25, -0.2) is 13.1 Å². The molecule has 0 radical (unpaired) electrons. The first-order valence-electron chi connectivity index (χ1n) is 16.0. The molecule has 1 amide bonds. The molecular formula is C34H45ClN2O7S. The van der Waals surface area contributed by atoms with E-state index in [9.17, 15) is 18.3 Å². The van der Waals surface area contributed by atoms with Crippen molar-refractivity contribution < 1.29 is 32.5 Å². The number of carbonyl (C=O) groups excluding carboxylic acids is 1. The van der Waals surface area contributed by atoms with Crippen LogP contribution in [0.5, 0.6) is 5.75 Å². The number of methoxy groups -OCH3 is 1. The van der Waals surface area contributed by atoms with Crippen LogP contribution in [0.25, 0.3) is 0 Å². The van der Waals surface area contributed by atoms with Crippen LogP contribution >= 0.6 is 11.6 Å². The first kappa shape index (κ1) is 33.7. The summed E-state index contributed by atoms with van der Waals surface area (Å²) in [6.07, 6.45) is 7.35. The van der Waals surface area contributed by atoms with Gasteiger partial charge in [0.1, 0.15) is 17.6 Å². The highest BCUT2D eigenvalue weighted by molar-refractivity contribution is 7.90. The Labute approximate surface area is 271 Å². The smallest absolute Gasteiger partial charge is 0.264 e. The lowest BCUT2D eigenvalue weighted by Gasteiger charge is -2.42. The maximum atomic E-state index is 13.6. The Morgan fingerprint density at radius 3 is 2.71 bits per heavy atom. The SMILES string of the molecule is CC[C@@H]1[C@@H](OCCOC)C/C=C/[C@H](O)[C@@H]2CC[C@H]2CN2CCCCc3cc(Cl)ccc3COc3ccc(cc32)C(=O)NS1(=O)=O. The molecule has 2 aromatic rings. The van der Waals surface area contributed by atoms with Gasteiger partial charge in [0.05, 0.1) is 31.1 Å². The van der Waals surface area contributed by atoms with E-state index in [1.165, 1.54) is 0 Å². The van der Waals surface area contributed by atoms with Crippen LogP contribution in [0.2, 0.25) is 5.02 Å². The van der Waals surface area contributed by atoms with E-state index in [1.807, 2.05) is 24.3 Å². The summed E-state index contributed by atoms with van der Waals surface area (Å²) < 4.78 is 47.1. The van der Waals surface area contributed by atoms with E-state index in [2.05, 4.69) is 9.62 Å². The number of nitrogens with one attached hydrogen (secondary N) is 1. The van der Waals surface area contributed by atoms with Crippen molar-refractivity contribution in [1.82, 2.24) is 4.72 Å². The molecule has 1 fully saturated rings. The van der Waals surface area contributed by atoms with Crippen molar-refractivity contribution >= 4 is 33.2 Å². The average Bonchev–Trinajstić information content (AvgIpc) is 3.01. The van der Waals surface area contributed by atoms with E-state index in [0.29, 0.717) is 30.5 Å². The van der Waals surface area contributed by atoms with Gasteiger partial charge < -0.3 is 24.2 Å². The number of aryl methyl sites for hydroxylation is 1. The molecule has 11 heteroatoms. The highest BCUT2D eigenvalue weighted by Crippen LogP contribution is 2.41. The summed E-state index contributed by atoms with van der Waals surface area (Å²) in [5, 5.41) is 10.9. The van der Waals surface area contributed by atoms with Gasteiger partial charge in [-0.1, -0.05) is 36.7 Å². The predicted octanol–water partition coefficient (Wildman–Crippen LogP) is 5.28. The van der Waals surface area contributed by atoms with E-state index in [1.54, 1.807) is 38.3 Å². The molecule has 2 bridgehead atoms. The Morgan fingerprint density at radius 1 is 1.11 bits per heavy atom. The number of sulfonamides is 1. The highest BCUT2D eigenvalue weighted by atomic mass is 35.5. The Morgan fingerprint density at radius 2 is 1.96 bits per heavy atom. The second-order valence-corrected chi connectivity index (χ2v) is 14.6. The van der Waals surface area contributed by atoms with E-state index < -0.39 is 33.4 Å². The van der Waals surface area contributed by atoms with Crippen LogP contribution in [-0.4, -0.2) is 70.3 Å². The number of aliphatic hydroxyl groups excluding tert-OH is 1. The van der Waals surface area contributed by atoms with Crippen LogP contribution in [0.1, 0.15) is 66.9 Å². The van der Waals surface area contributed by atoms with E-state index in [-0.39, 0.29) is 36.8 Å². The lowest BCUT2D eigenvalue weighted by atomic mass is 9.70. The van der Waals surface area contributed by atoms with Gasteiger partial charge in [-0.15, -0.1) is 0 Å². The van der Waals surface area contributed by atoms with Gasteiger partial charge in [0.2, 0.25) is 10.0 Å². The summed E-state index contributed by atoms with van der Waals surface area (Å²) in [4.78, 5) is 15.8. The Balaban J connectivity index is 1.52. The number of halogens is 1. The first-order chi connectivity index (χ1) is 21.7. The number of carbonyl (C=O) groups is 1. The second kappa shape index (κ2) is 15.3. The molecule has 2 aliphatic heterocycles. The number of rotatable bonds is 5. The maximum absolute atomic E-state index is 13.6. The van der Waals surface area contributed by atoms with Gasteiger partial charge >= 0.3 is 0 Å². The molecule has 5 rings (SSSR count). The number of fused-ring (bicyclic) bond motifs is 3. The number of benzene rings is 2. The summed E-state index contributed by atoms with van der Waals surface area (Å²) >= 11 is 6.32. The van der Waals surface area contributed by atoms with Crippen molar-refractivity contribution in [1.29, 1.82) is 0 Å². The zero-order chi connectivity index (χ0) is 32.0. The first-order valence-corrected chi connectivity index (χ1v) is 17.9. The zero-order valence-electron chi connectivity index (χ0n) is 26.1. The van der Waals surface area contributed by atoms with Crippen LogP contribution in [0.4, 0.5) is 5.69 Å². The molecular weight excluding hydrogens is 616 g/mol. The number of hydrogen-bond donors (Lipinski definition) is 2. The monoisotopic (exact) mass is 660 g/mol. The van der Waals surface area contributed by atoms with Crippen LogP contribution in [0.3, 0.4) is 0 Å². The zero-order valence-corrected chi connectivity index (χ0v) is 27.7. The topological polar surface area (TPSA) is 114 Å². The standard InChI is InChI=1S/C34H45ClN2O7S/c1-3-33-32(43-18-17-42-2)9-6-8-30(38)28-14-11-25(28)21-37-16-5-4-7-23-19-27(35)13-10-26(23)22-44-31-15-12-24(20-29(31)37)34(39)36-45(33,40)41/h6,8,10,12-13,15,19-20,25,28,30,32-33,38H,3-5,7,9,11,14,16-18,21-22H2,1-2H3,(H,36,39)/b8-6+/t25-,28+,30-,32-,33+/m0/s1. The van der Waals surface area contributed by atoms with E-state index in [0.717, 1.165) is 55.5 Å². The molecule has 246 valence electrons. The summed E-state index contributed by atoms with van der Waals surface area (Å²) in [5.41, 5.74) is 3.20. The van der Waals surface area contributed by atoms with Crippen molar-refractivity contribution in [3.05, 3.63) is 70.3 Å². The van der Waals surface area contributed by atoms with E-state index >= 15 is 0 Å². The highest BCUT2D eigenvalue weighted by Gasteiger charge is 2.38. The fraction of sp³-hybridized carbons (Fsp3) is 0.559. The number of amides is 1. The summed E-state index contributed by atoms with van der Waals surface area (Å²) in [6, 6.07) is 11.0. The third kappa shape index (κ3) is 8.21. The average molecular weight is 661 g/mol. The lowest BCUT2D eigenvalue weighted by molar-refractivity contribution is 0.0156. The fourth-order valence-corrected chi connectivity index (χ4v) is 8.43. The fourth-order valence-electron chi connectivity index (χ4n) is 6.68. The van der Waals surface area contributed by atoms with Gasteiger partial charge in [-0.3, -0.25) is 4.79 Å². The van der Waals surface area contributed by atoms with Crippen LogP contribution in [0.15, 0.2) is 48.6 Å². The Kier molecular flexibility index (Phi) is 11.5. The second-order valence-electron chi connectivity index (χ2n) is 12.3. The summed E-state index contributed by atoms with van der Waals surface area (Å²) in [5.74, 6) is 0.253. The number of nitrogens with zero attached hydrogens (tertiary/aromatic N) is 1. The van der Waals surface area contributed by atoms with Crippen molar-refractivity contribution in [3.63, 3.8) is 0 Å². The maximum Gasteiger partial charge on any atom is 0.264 e. The van der Waals surface area contributed by atoms with Crippen LogP contribution in [0, 0.1) is 11.8 Å². The summed E-state index contributed by atoms with van der Waals surface area (Å²) in [7, 11) is -2.57. The molecule has 0 unspecified atom stereocenters. The molecule has 1 saturated carbocycles. The molecule has 0 saturated heterocycles. The van der Waals surface area contributed by atoms with Crippen molar-refractivity contribution in [2.75, 3.05) is 38.3 Å². The molecule has 2 N–H and O–H groups in total. The normalized spacial score (nSPS) is 27.9. The molecule has 45 heavy (non-hydrogen) atoms. The molecule has 9 nitrogen and oxygen atoms in total. The van der Waals surface area contributed by atoms with Crippen molar-refractivity contribution in [2.24, 2.45) is 11.8 Å². The molecule has 2 aromatic carbocycles. The molecule has 5 atom stereocenters. The van der Waals surface area contributed by atoms with E-state index in [4.69, 9.17) is 25.8 Å². The number of hydrogen-bond acceptors (Lipinski definition) is 8. The minimum atomic E-state index is -4.12. The number of anilines is 1. The third-order valence-electron chi connectivity index (χ3n) is 9.38. The third-order valence-corrected chi connectivity index (χ3v) is 11.5. The number of ether oxygens (including phenoxy) is 3. The molecule has 3 aliphatic rings. The van der Waals surface area contributed by atoms with Gasteiger partial charge in [-0.2, -0.15) is 0 Å². The van der Waals surface area contributed by atoms with Crippen molar-refractivity contribution in [3.8, 4) is 5.75 Å². The molecule has 1 aliphatic carbocycles. The Bertz CT molecular complexity index is 1470. The van der Waals surface area contributed by atoms with Crippen LogP contribution < -0.4 is 14.4 Å².